The van der Waals surface area contributed by atoms with Crippen LogP contribution in [0, 0.1) is 5.92 Å². The van der Waals surface area contributed by atoms with Gasteiger partial charge in [0.2, 0.25) is 11.9 Å². The molecule has 6 nitrogen and oxygen atoms in total. The van der Waals surface area contributed by atoms with Crippen LogP contribution in [0.25, 0.3) is 0 Å². The van der Waals surface area contributed by atoms with Gasteiger partial charge in [0.15, 0.2) is 0 Å². The third-order valence-corrected chi connectivity index (χ3v) is 5.03. The summed E-state index contributed by atoms with van der Waals surface area (Å²) in [6.07, 6.45) is 2.13. The minimum absolute atomic E-state index is 0.0292. The largest absolute Gasteiger partial charge is 0.343 e. The van der Waals surface area contributed by atoms with E-state index in [1.54, 1.807) is 18.2 Å². The van der Waals surface area contributed by atoms with Gasteiger partial charge in [-0.05, 0) is 37.0 Å². The van der Waals surface area contributed by atoms with E-state index < -0.39 is 6.04 Å². The molecule has 2 N–H and O–H groups in total. The zero-order valence-electron chi connectivity index (χ0n) is 13.9. The SMILES string of the molecule is CC1CCN(C2=N[C@H](CC(=O)Nc3ccc(Cl)cc3Cl)C(=O)N2)CC1. The number of benzene rings is 1. The average Bonchev–Trinajstić information content (AvgIpc) is 2.91. The van der Waals surface area contributed by atoms with Crippen molar-refractivity contribution in [1.82, 2.24) is 10.2 Å². The lowest BCUT2D eigenvalue weighted by Gasteiger charge is -2.31. The number of piperidine rings is 1. The van der Waals surface area contributed by atoms with Crippen molar-refractivity contribution in [2.45, 2.75) is 32.2 Å². The minimum atomic E-state index is -0.708. The molecule has 1 fully saturated rings. The van der Waals surface area contributed by atoms with E-state index >= 15 is 0 Å². The number of likely N-dealkylation sites (tertiary alicyclic amines) is 1. The summed E-state index contributed by atoms with van der Waals surface area (Å²) in [5, 5.41) is 6.32. The maximum atomic E-state index is 12.2. The molecule has 0 aromatic heterocycles. The molecular formula is C17H20Cl2N4O2. The van der Waals surface area contributed by atoms with Crippen molar-refractivity contribution in [2.24, 2.45) is 10.9 Å². The number of amides is 2. The Hall–Kier alpha value is -1.79. The predicted octanol–water partition coefficient (Wildman–Crippen LogP) is 2.91. The van der Waals surface area contributed by atoms with Crippen LogP contribution in [0.1, 0.15) is 26.2 Å². The fourth-order valence-electron chi connectivity index (χ4n) is 2.92. The third kappa shape index (κ3) is 4.44. The third-order valence-electron chi connectivity index (χ3n) is 4.48. The van der Waals surface area contributed by atoms with Gasteiger partial charge in [0.25, 0.3) is 5.91 Å². The van der Waals surface area contributed by atoms with Crippen LogP contribution in [0.3, 0.4) is 0 Å². The van der Waals surface area contributed by atoms with Crippen molar-refractivity contribution in [1.29, 1.82) is 0 Å². The number of rotatable bonds is 3. The lowest BCUT2D eigenvalue weighted by Crippen LogP contribution is -2.44. The van der Waals surface area contributed by atoms with E-state index in [0.29, 0.717) is 27.6 Å². The van der Waals surface area contributed by atoms with Gasteiger partial charge in [-0.25, -0.2) is 4.99 Å². The van der Waals surface area contributed by atoms with Crippen LogP contribution in [0.5, 0.6) is 0 Å². The van der Waals surface area contributed by atoms with Crippen LogP contribution in [0.4, 0.5) is 5.69 Å². The lowest BCUT2D eigenvalue weighted by molar-refractivity contribution is -0.124. The average molecular weight is 383 g/mol. The maximum Gasteiger partial charge on any atom is 0.252 e. The van der Waals surface area contributed by atoms with Crippen molar-refractivity contribution in [3.8, 4) is 0 Å². The molecule has 1 aromatic carbocycles. The Balaban J connectivity index is 1.60. The van der Waals surface area contributed by atoms with Crippen LogP contribution in [0.2, 0.25) is 10.0 Å². The molecule has 0 bridgehead atoms. The molecule has 1 aromatic rings. The van der Waals surface area contributed by atoms with Crippen LogP contribution in [-0.4, -0.2) is 41.8 Å². The number of hydrogen-bond donors (Lipinski definition) is 2. The summed E-state index contributed by atoms with van der Waals surface area (Å²) >= 11 is 11.9. The van der Waals surface area contributed by atoms with Crippen molar-refractivity contribution in [2.75, 3.05) is 18.4 Å². The van der Waals surface area contributed by atoms with Gasteiger partial charge in [0, 0.05) is 18.1 Å². The first kappa shape index (κ1) is 18.0. The van der Waals surface area contributed by atoms with Crippen molar-refractivity contribution in [3.05, 3.63) is 28.2 Å². The Morgan fingerprint density at radius 3 is 2.76 bits per heavy atom. The molecule has 2 aliphatic rings. The van der Waals surface area contributed by atoms with Gasteiger partial charge in [-0.1, -0.05) is 30.1 Å². The molecule has 134 valence electrons. The Morgan fingerprint density at radius 1 is 1.36 bits per heavy atom. The first-order valence-corrected chi connectivity index (χ1v) is 9.06. The quantitative estimate of drug-likeness (QED) is 0.843. The topological polar surface area (TPSA) is 73.8 Å². The standard InChI is InChI=1S/C17H20Cl2N4O2/c1-10-4-6-23(7-5-10)17-21-14(16(25)22-17)9-15(24)20-13-3-2-11(18)8-12(13)19/h2-3,8,10,14H,4-7,9H2,1H3,(H,20,24)(H,21,22,25)/t14-/m1/s1. The van der Waals surface area contributed by atoms with E-state index in [1.807, 2.05) is 0 Å². The summed E-state index contributed by atoms with van der Waals surface area (Å²) < 4.78 is 0. The van der Waals surface area contributed by atoms with Gasteiger partial charge < -0.3 is 10.2 Å². The van der Waals surface area contributed by atoms with Crippen molar-refractivity contribution in [3.63, 3.8) is 0 Å². The highest BCUT2D eigenvalue weighted by Crippen LogP contribution is 2.26. The van der Waals surface area contributed by atoms with Gasteiger partial charge in [0.05, 0.1) is 17.1 Å². The van der Waals surface area contributed by atoms with Gasteiger partial charge in [-0.2, -0.15) is 0 Å². The number of carbonyl (C=O) groups is 2. The van der Waals surface area contributed by atoms with Crippen LogP contribution in [-0.2, 0) is 9.59 Å². The number of nitrogens with zero attached hydrogens (tertiary/aromatic N) is 2. The van der Waals surface area contributed by atoms with Gasteiger partial charge in [-0.3, -0.25) is 14.9 Å². The minimum Gasteiger partial charge on any atom is -0.343 e. The molecule has 0 radical (unpaired) electrons. The summed E-state index contributed by atoms with van der Waals surface area (Å²) in [5.74, 6) is 0.714. The van der Waals surface area contributed by atoms with Gasteiger partial charge >= 0.3 is 0 Å². The predicted molar refractivity (Wildman–Crippen MR) is 99.0 cm³/mol. The molecule has 2 heterocycles. The molecule has 0 spiro atoms. The molecule has 0 saturated carbocycles. The number of aliphatic imine (C=N–C) groups is 1. The summed E-state index contributed by atoms with van der Waals surface area (Å²) in [6, 6.07) is 4.11. The summed E-state index contributed by atoms with van der Waals surface area (Å²) in [5.41, 5.74) is 0.462. The first-order valence-electron chi connectivity index (χ1n) is 8.31. The Bertz CT molecular complexity index is 715. The van der Waals surface area contributed by atoms with E-state index in [2.05, 4.69) is 27.4 Å². The fourth-order valence-corrected chi connectivity index (χ4v) is 3.37. The normalized spacial score (nSPS) is 21.1. The number of anilines is 1. The summed E-state index contributed by atoms with van der Waals surface area (Å²) in [6.45, 7) is 3.97. The molecular weight excluding hydrogens is 363 g/mol. The molecule has 2 amide bonds. The molecule has 1 saturated heterocycles. The van der Waals surface area contributed by atoms with Crippen LogP contribution < -0.4 is 10.6 Å². The Morgan fingerprint density at radius 2 is 2.08 bits per heavy atom. The number of nitrogens with one attached hydrogen (secondary N) is 2. The molecule has 8 heteroatoms. The van der Waals surface area contributed by atoms with Gasteiger partial charge in [-0.15, -0.1) is 0 Å². The summed E-state index contributed by atoms with van der Waals surface area (Å²) in [4.78, 5) is 30.8. The molecule has 1 atom stereocenters. The zero-order chi connectivity index (χ0) is 18.0. The van der Waals surface area contributed by atoms with Crippen molar-refractivity contribution >= 4 is 46.7 Å². The van der Waals surface area contributed by atoms with Crippen molar-refractivity contribution < 1.29 is 9.59 Å². The fraction of sp³-hybridized carbons (Fsp3) is 0.471. The Kier molecular flexibility index (Phi) is 5.49. The van der Waals surface area contributed by atoms with E-state index in [1.165, 1.54) is 0 Å². The molecule has 2 aliphatic heterocycles. The summed E-state index contributed by atoms with van der Waals surface area (Å²) in [7, 11) is 0. The molecule has 0 aliphatic carbocycles. The Labute approximate surface area is 156 Å². The second kappa shape index (κ2) is 7.62. The first-order chi connectivity index (χ1) is 11.9. The van der Waals surface area contributed by atoms with E-state index in [9.17, 15) is 9.59 Å². The maximum absolute atomic E-state index is 12.2. The highest BCUT2D eigenvalue weighted by Gasteiger charge is 2.32. The monoisotopic (exact) mass is 382 g/mol. The van der Waals surface area contributed by atoms with Crippen LogP contribution in [0.15, 0.2) is 23.2 Å². The highest BCUT2D eigenvalue weighted by molar-refractivity contribution is 6.36. The second-order valence-electron chi connectivity index (χ2n) is 6.50. The number of carbonyl (C=O) groups excluding carboxylic acids is 2. The molecule has 25 heavy (non-hydrogen) atoms. The second-order valence-corrected chi connectivity index (χ2v) is 7.35. The molecule has 0 unspecified atom stereocenters. The zero-order valence-corrected chi connectivity index (χ0v) is 15.4. The number of halogens is 2. The lowest BCUT2D eigenvalue weighted by atomic mass is 10.00. The smallest absolute Gasteiger partial charge is 0.252 e. The number of guanidine groups is 1. The van der Waals surface area contributed by atoms with E-state index in [0.717, 1.165) is 25.9 Å². The molecule has 3 rings (SSSR count). The van der Waals surface area contributed by atoms with E-state index in [4.69, 9.17) is 23.2 Å². The van der Waals surface area contributed by atoms with E-state index in [-0.39, 0.29) is 18.2 Å². The van der Waals surface area contributed by atoms with Crippen LogP contribution >= 0.6 is 23.2 Å². The number of hydrogen-bond acceptors (Lipinski definition) is 4. The van der Waals surface area contributed by atoms with Gasteiger partial charge in [0.1, 0.15) is 6.04 Å². The highest BCUT2D eigenvalue weighted by atomic mass is 35.5.